The van der Waals surface area contributed by atoms with E-state index in [4.69, 9.17) is 5.11 Å². The highest BCUT2D eigenvalue weighted by molar-refractivity contribution is 5.80. The number of carbonyl (C=O) groups is 2. The molecule has 1 N–H and O–H groups in total. The van der Waals surface area contributed by atoms with E-state index in [1.807, 2.05) is 4.90 Å². The van der Waals surface area contributed by atoms with Gasteiger partial charge in [-0.3, -0.25) is 4.79 Å². The molecular weight excluding hydrogens is 220 g/mol. The minimum atomic E-state index is -0.783. The topological polar surface area (TPSA) is 60.9 Å². The van der Waals surface area contributed by atoms with E-state index in [2.05, 4.69) is 0 Å². The molecule has 0 radical (unpaired) electrons. The van der Waals surface area contributed by atoms with Gasteiger partial charge in [-0.1, -0.05) is 0 Å². The summed E-state index contributed by atoms with van der Waals surface area (Å²) in [6.07, 6.45) is 4.73. The summed E-state index contributed by atoms with van der Waals surface area (Å²) in [5.74, 6) is -0.425. The number of urea groups is 1. The number of hydrogen-bond acceptors (Lipinski definition) is 2. The lowest BCUT2D eigenvalue weighted by Gasteiger charge is -2.40. The summed E-state index contributed by atoms with van der Waals surface area (Å²) in [5, 5.41) is 8.80. The Morgan fingerprint density at radius 3 is 2.29 bits per heavy atom. The molecule has 17 heavy (non-hydrogen) atoms. The van der Waals surface area contributed by atoms with Crippen molar-refractivity contribution >= 4 is 12.0 Å². The zero-order valence-corrected chi connectivity index (χ0v) is 9.84. The molecule has 2 saturated carbocycles. The highest BCUT2D eigenvalue weighted by Gasteiger charge is 2.42. The van der Waals surface area contributed by atoms with Gasteiger partial charge >= 0.3 is 12.0 Å². The lowest BCUT2D eigenvalue weighted by atomic mass is 10.0. The van der Waals surface area contributed by atoms with E-state index in [9.17, 15) is 9.59 Å². The van der Waals surface area contributed by atoms with Gasteiger partial charge in [0.25, 0.3) is 0 Å². The second-order valence-corrected chi connectivity index (χ2v) is 5.55. The Morgan fingerprint density at radius 2 is 1.82 bits per heavy atom. The lowest BCUT2D eigenvalue weighted by Crippen LogP contribution is -2.57. The van der Waals surface area contributed by atoms with E-state index < -0.39 is 5.97 Å². The van der Waals surface area contributed by atoms with E-state index in [0.29, 0.717) is 25.0 Å². The average molecular weight is 238 g/mol. The molecule has 5 nitrogen and oxygen atoms in total. The fourth-order valence-corrected chi connectivity index (χ4v) is 2.32. The third-order valence-electron chi connectivity index (χ3n) is 3.89. The number of aliphatic carboxylic acids is 1. The van der Waals surface area contributed by atoms with Crippen LogP contribution in [0.25, 0.3) is 0 Å². The van der Waals surface area contributed by atoms with Crippen LogP contribution in [0.4, 0.5) is 4.79 Å². The van der Waals surface area contributed by atoms with Gasteiger partial charge in [0, 0.05) is 25.7 Å². The Balaban J connectivity index is 1.54. The predicted octanol–water partition coefficient (Wildman–Crippen LogP) is 0.997. The van der Waals surface area contributed by atoms with E-state index in [1.54, 1.807) is 4.90 Å². The largest absolute Gasteiger partial charge is 0.481 e. The molecule has 5 heteroatoms. The van der Waals surface area contributed by atoms with Crippen LogP contribution in [-0.2, 0) is 4.79 Å². The molecule has 2 aliphatic carbocycles. The first kappa shape index (κ1) is 10.9. The van der Waals surface area contributed by atoms with Gasteiger partial charge in [0.2, 0.25) is 0 Å². The molecule has 0 spiro atoms. The zero-order chi connectivity index (χ0) is 12.0. The van der Waals surface area contributed by atoms with Crippen LogP contribution in [0.3, 0.4) is 0 Å². The van der Waals surface area contributed by atoms with Crippen molar-refractivity contribution in [2.45, 2.75) is 31.7 Å². The molecular formula is C12H18N2O3. The fourth-order valence-electron chi connectivity index (χ4n) is 2.32. The molecule has 1 saturated heterocycles. The van der Waals surface area contributed by atoms with Crippen molar-refractivity contribution in [1.29, 1.82) is 0 Å². The molecule has 3 aliphatic rings. The minimum Gasteiger partial charge on any atom is -0.481 e. The van der Waals surface area contributed by atoms with Crippen molar-refractivity contribution in [2.75, 3.05) is 19.6 Å². The van der Waals surface area contributed by atoms with Crippen molar-refractivity contribution < 1.29 is 14.7 Å². The van der Waals surface area contributed by atoms with Crippen LogP contribution in [0.5, 0.6) is 0 Å². The molecule has 0 aromatic carbocycles. The van der Waals surface area contributed by atoms with Gasteiger partial charge in [-0.2, -0.15) is 0 Å². The van der Waals surface area contributed by atoms with Crippen molar-refractivity contribution in [3.63, 3.8) is 0 Å². The van der Waals surface area contributed by atoms with Gasteiger partial charge < -0.3 is 14.9 Å². The summed E-state index contributed by atoms with van der Waals surface area (Å²) < 4.78 is 0. The molecule has 0 unspecified atom stereocenters. The maximum Gasteiger partial charge on any atom is 0.320 e. The van der Waals surface area contributed by atoms with Gasteiger partial charge in [-0.15, -0.1) is 0 Å². The summed E-state index contributed by atoms with van der Waals surface area (Å²) in [4.78, 5) is 26.6. The average Bonchev–Trinajstić information content (AvgIpc) is 3.05. The monoisotopic (exact) mass is 238 g/mol. The number of carboxylic acids is 1. The normalized spacial score (nSPS) is 24.4. The van der Waals surface area contributed by atoms with E-state index in [0.717, 1.165) is 19.4 Å². The number of amides is 2. The SMILES string of the molecule is O=C(O)C1CN(C(=O)N(CC2CC2)C2CC2)C1. The van der Waals surface area contributed by atoms with Crippen LogP contribution in [0.1, 0.15) is 25.7 Å². The van der Waals surface area contributed by atoms with Crippen LogP contribution < -0.4 is 0 Å². The molecule has 3 fully saturated rings. The predicted molar refractivity (Wildman–Crippen MR) is 60.5 cm³/mol. The quantitative estimate of drug-likeness (QED) is 0.794. The molecule has 1 aliphatic heterocycles. The third kappa shape index (κ3) is 2.23. The first-order valence-electron chi connectivity index (χ1n) is 6.43. The Kier molecular flexibility index (Phi) is 2.49. The van der Waals surface area contributed by atoms with Crippen LogP contribution in [0, 0.1) is 11.8 Å². The zero-order valence-electron chi connectivity index (χ0n) is 9.84. The van der Waals surface area contributed by atoms with Crippen molar-refractivity contribution in [3.8, 4) is 0 Å². The third-order valence-corrected chi connectivity index (χ3v) is 3.89. The first-order valence-corrected chi connectivity index (χ1v) is 6.43. The van der Waals surface area contributed by atoms with Crippen molar-refractivity contribution in [1.82, 2.24) is 9.80 Å². The van der Waals surface area contributed by atoms with Crippen LogP contribution in [0.15, 0.2) is 0 Å². The molecule has 0 atom stereocenters. The van der Waals surface area contributed by atoms with Crippen LogP contribution in [-0.4, -0.2) is 52.6 Å². The molecule has 2 amide bonds. The van der Waals surface area contributed by atoms with Gasteiger partial charge in [0.15, 0.2) is 0 Å². The van der Waals surface area contributed by atoms with E-state index in [-0.39, 0.29) is 11.9 Å². The fraction of sp³-hybridized carbons (Fsp3) is 0.833. The smallest absolute Gasteiger partial charge is 0.320 e. The molecule has 3 rings (SSSR count). The van der Waals surface area contributed by atoms with Crippen LogP contribution >= 0.6 is 0 Å². The first-order chi connectivity index (χ1) is 8.15. The Hall–Kier alpha value is -1.26. The summed E-state index contributed by atoms with van der Waals surface area (Å²) in [6.45, 7) is 1.67. The highest BCUT2D eigenvalue weighted by Crippen LogP contribution is 2.36. The van der Waals surface area contributed by atoms with Crippen molar-refractivity contribution in [2.24, 2.45) is 11.8 Å². The number of hydrogen-bond donors (Lipinski definition) is 1. The number of rotatable bonds is 4. The molecule has 0 bridgehead atoms. The van der Waals surface area contributed by atoms with Crippen molar-refractivity contribution in [3.05, 3.63) is 0 Å². The highest BCUT2D eigenvalue weighted by atomic mass is 16.4. The van der Waals surface area contributed by atoms with E-state index >= 15 is 0 Å². The maximum atomic E-state index is 12.2. The number of carbonyl (C=O) groups excluding carboxylic acids is 1. The molecule has 0 aromatic rings. The summed E-state index contributed by atoms with van der Waals surface area (Å²) in [6, 6.07) is 0.504. The van der Waals surface area contributed by atoms with Gasteiger partial charge in [0.1, 0.15) is 0 Å². The molecule has 94 valence electrons. The summed E-state index contributed by atoms with van der Waals surface area (Å²) in [7, 11) is 0. The second-order valence-electron chi connectivity index (χ2n) is 5.55. The van der Waals surface area contributed by atoms with E-state index in [1.165, 1.54) is 12.8 Å². The molecule has 1 heterocycles. The minimum absolute atomic E-state index is 0.0666. The number of likely N-dealkylation sites (tertiary alicyclic amines) is 1. The Morgan fingerprint density at radius 1 is 1.18 bits per heavy atom. The van der Waals surface area contributed by atoms with Gasteiger partial charge in [-0.25, -0.2) is 4.79 Å². The second kappa shape index (κ2) is 3.89. The number of nitrogens with zero attached hydrogens (tertiary/aromatic N) is 2. The van der Waals surface area contributed by atoms with Gasteiger partial charge in [-0.05, 0) is 31.6 Å². The molecule has 0 aromatic heterocycles. The maximum absolute atomic E-state index is 12.2. The van der Waals surface area contributed by atoms with Gasteiger partial charge in [0.05, 0.1) is 5.92 Å². The lowest BCUT2D eigenvalue weighted by molar-refractivity contribution is -0.146. The van der Waals surface area contributed by atoms with Crippen LogP contribution in [0.2, 0.25) is 0 Å². The standard InChI is InChI=1S/C12H18N2O3/c15-11(16)9-6-13(7-9)12(17)14(10-3-4-10)5-8-1-2-8/h8-10H,1-7H2,(H,15,16). The summed E-state index contributed by atoms with van der Waals surface area (Å²) in [5.41, 5.74) is 0. The Labute approximate surface area is 100 Å². The number of carboxylic acid groups (broad SMARTS) is 1. The Bertz CT molecular complexity index is 344. The summed E-state index contributed by atoms with van der Waals surface area (Å²) >= 11 is 0.